The first-order valence-corrected chi connectivity index (χ1v) is 9.86. The number of ether oxygens (including phenoxy) is 1. The fraction of sp³-hybridized carbons (Fsp3) is 0.600. The molecule has 2 aliphatic rings. The van der Waals surface area contributed by atoms with E-state index >= 15 is 0 Å². The number of nitrogens with one attached hydrogen (secondary N) is 2. The summed E-state index contributed by atoms with van der Waals surface area (Å²) in [6, 6.07) is 8.30. The summed E-state index contributed by atoms with van der Waals surface area (Å²) in [6.07, 6.45) is 4.24. The van der Waals surface area contributed by atoms with E-state index in [4.69, 9.17) is 4.74 Å². The van der Waals surface area contributed by atoms with Gasteiger partial charge in [0.1, 0.15) is 5.75 Å². The normalized spacial score (nSPS) is 18.3. The number of nitrogens with zero attached hydrogens (tertiary/aromatic N) is 2. The van der Waals surface area contributed by atoms with Gasteiger partial charge < -0.3 is 20.3 Å². The Bertz CT molecular complexity index is 621. The fourth-order valence-corrected chi connectivity index (χ4v) is 3.75. The smallest absolute Gasteiger partial charge is 0.309 e. The average Bonchev–Trinajstić information content (AvgIpc) is 3.21. The zero-order chi connectivity index (χ0) is 19.1. The predicted molar refractivity (Wildman–Crippen MR) is 105 cm³/mol. The minimum absolute atomic E-state index is 0.175. The summed E-state index contributed by atoms with van der Waals surface area (Å²) in [6.45, 7) is 5.04. The van der Waals surface area contributed by atoms with E-state index in [0.717, 1.165) is 64.2 Å². The van der Waals surface area contributed by atoms with Crippen LogP contribution < -0.4 is 20.3 Å². The lowest BCUT2D eigenvalue weighted by Gasteiger charge is -2.36. The Kier molecular flexibility index (Phi) is 6.92. The lowest BCUT2D eigenvalue weighted by atomic mass is 10.2. The molecule has 2 fully saturated rings. The zero-order valence-corrected chi connectivity index (χ0v) is 16.1. The van der Waals surface area contributed by atoms with Gasteiger partial charge >= 0.3 is 11.8 Å². The molecule has 1 saturated heterocycles. The van der Waals surface area contributed by atoms with Crippen molar-refractivity contribution in [3.8, 4) is 5.75 Å². The van der Waals surface area contributed by atoms with E-state index < -0.39 is 11.8 Å². The second kappa shape index (κ2) is 9.60. The molecule has 0 aromatic heterocycles. The third-order valence-corrected chi connectivity index (χ3v) is 5.42. The van der Waals surface area contributed by atoms with Crippen molar-refractivity contribution in [3.05, 3.63) is 24.3 Å². The molecule has 1 heterocycles. The Labute approximate surface area is 161 Å². The zero-order valence-electron chi connectivity index (χ0n) is 16.1. The number of amides is 2. The van der Waals surface area contributed by atoms with Gasteiger partial charge in [0.05, 0.1) is 7.11 Å². The molecule has 1 aromatic rings. The van der Waals surface area contributed by atoms with Crippen LogP contribution in [0.3, 0.4) is 0 Å². The molecule has 1 aromatic carbocycles. The van der Waals surface area contributed by atoms with Crippen LogP contribution in [0.25, 0.3) is 0 Å². The van der Waals surface area contributed by atoms with Crippen molar-refractivity contribution in [2.45, 2.75) is 31.7 Å². The number of carbonyl (C=O) groups is 2. The lowest BCUT2D eigenvalue weighted by Crippen LogP contribution is -2.50. The molecule has 0 radical (unpaired) electrons. The van der Waals surface area contributed by atoms with E-state index in [1.807, 2.05) is 12.1 Å². The third-order valence-electron chi connectivity index (χ3n) is 5.42. The first-order chi connectivity index (χ1) is 13.2. The number of hydrogen-bond donors (Lipinski definition) is 2. The molecule has 0 unspecified atom stereocenters. The van der Waals surface area contributed by atoms with Gasteiger partial charge in [0.2, 0.25) is 0 Å². The Morgan fingerprint density at radius 2 is 1.70 bits per heavy atom. The minimum Gasteiger partial charge on any atom is -0.497 e. The van der Waals surface area contributed by atoms with Crippen molar-refractivity contribution in [2.75, 3.05) is 51.3 Å². The Morgan fingerprint density at radius 1 is 1.04 bits per heavy atom. The van der Waals surface area contributed by atoms with Gasteiger partial charge in [-0.05, 0) is 37.1 Å². The van der Waals surface area contributed by atoms with Crippen LogP contribution in [0.15, 0.2) is 24.3 Å². The highest BCUT2D eigenvalue weighted by Gasteiger charge is 2.22. The molecular weight excluding hydrogens is 344 g/mol. The number of benzene rings is 1. The highest BCUT2D eigenvalue weighted by molar-refractivity contribution is 6.35. The van der Waals surface area contributed by atoms with E-state index in [9.17, 15) is 9.59 Å². The Balaban J connectivity index is 1.33. The van der Waals surface area contributed by atoms with E-state index in [0.29, 0.717) is 6.54 Å². The predicted octanol–water partition coefficient (Wildman–Crippen LogP) is 0.992. The topological polar surface area (TPSA) is 73.9 Å². The van der Waals surface area contributed by atoms with Crippen molar-refractivity contribution in [2.24, 2.45) is 0 Å². The summed E-state index contributed by atoms with van der Waals surface area (Å²) < 4.78 is 5.20. The van der Waals surface area contributed by atoms with Crippen LogP contribution in [-0.4, -0.2) is 69.1 Å². The number of rotatable bonds is 6. The third kappa shape index (κ3) is 5.60. The van der Waals surface area contributed by atoms with Gasteiger partial charge in [0, 0.05) is 51.0 Å². The molecule has 7 heteroatoms. The van der Waals surface area contributed by atoms with Crippen LogP contribution in [0.2, 0.25) is 0 Å². The maximum Gasteiger partial charge on any atom is 0.309 e. The molecule has 27 heavy (non-hydrogen) atoms. The van der Waals surface area contributed by atoms with Gasteiger partial charge in [-0.1, -0.05) is 12.8 Å². The van der Waals surface area contributed by atoms with Crippen molar-refractivity contribution in [1.29, 1.82) is 0 Å². The number of anilines is 1. The number of hydrogen-bond acceptors (Lipinski definition) is 5. The lowest BCUT2D eigenvalue weighted by molar-refractivity contribution is -0.139. The number of piperazine rings is 1. The van der Waals surface area contributed by atoms with Crippen LogP contribution in [0.4, 0.5) is 5.69 Å². The fourth-order valence-electron chi connectivity index (χ4n) is 3.75. The molecule has 7 nitrogen and oxygen atoms in total. The standard InChI is InChI=1S/C20H30N4O3/c1-27-18-8-6-17(7-9-18)24-14-12-23(13-15-24)11-10-21-19(25)20(26)22-16-4-2-3-5-16/h6-9,16H,2-5,10-15H2,1H3,(H,21,25)(H,22,26). The van der Waals surface area contributed by atoms with Gasteiger partial charge in [-0.15, -0.1) is 0 Å². The van der Waals surface area contributed by atoms with E-state index in [2.05, 4.69) is 32.6 Å². The molecular formula is C20H30N4O3. The maximum absolute atomic E-state index is 11.9. The Morgan fingerprint density at radius 3 is 2.33 bits per heavy atom. The molecule has 1 aliphatic carbocycles. The van der Waals surface area contributed by atoms with E-state index in [1.165, 1.54) is 5.69 Å². The first-order valence-electron chi connectivity index (χ1n) is 9.86. The Hall–Kier alpha value is -2.28. The monoisotopic (exact) mass is 374 g/mol. The molecule has 0 atom stereocenters. The first kappa shape index (κ1) is 19.5. The van der Waals surface area contributed by atoms with Gasteiger partial charge in [-0.25, -0.2) is 0 Å². The molecule has 1 aliphatic heterocycles. The van der Waals surface area contributed by atoms with Gasteiger partial charge in [0.15, 0.2) is 0 Å². The van der Waals surface area contributed by atoms with Gasteiger partial charge in [0.25, 0.3) is 0 Å². The number of methoxy groups -OCH3 is 1. The molecule has 2 N–H and O–H groups in total. The summed E-state index contributed by atoms with van der Waals surface area (Å²) in [7, 11) is 1.67. The summed E-state index contributed by atoms with van der Waals surface area (Å²) in [5.41, 5.74) is 1.20. The van der Waals surface area contributed by atoms with Crippen LogP contribution >= 0.6 is 0 Å². The summed E-state index contributed by atoms with van der Waals surface area (Å²) in [4.78, 5) is 28.4. The van der Waals surface area contributed by atoms with Crippen molar-refractivity contribution < 1.29 is 14.3 Å². The van der Waals surface area contributed by atoms with Crippen LogP contribution in [0, 0.1) is 0 Å². The quantitative estimate of drug-likeness (QED) is 0.727. The molecule has 2 amide bonds. The van der Waals surface area contributed by atoms with Crippen molar-refractivity contribution in [1.82, 2.24) is 15.5 Å². The second-order valence-corrected chi connectivity index (χ2v) is 7.24. The maximum atomic E-state index is 11.9. The SMILES string of the molecule is COc1ccc(N2CCN(CCNC(=O)C(=O)NC3CCCC3)CC2)cc1. The molecule has 3 rings (SSSR count). The van der Waals surface area contributed by atoms with Crippen molar-refractivity contribution >= 4 is 17.5 Å². The second-order valence-electron chi connectivity index (χ2n) is 7.24. The summed E-state index contributed by atoms with van der Waals surface area (Å²) >= 11 is 0. The molecule has 148 valence electrons. The van der Waals surface area contributed by atoms with E-state index in [-0.39, 0.29) is 6.04 Å². The minimum atomic E-state index is -0.515. The van der Waals surface area contributed by atoms with Crippen LogP contribution in [-0.2, 0) is 9.59 Å². The van der Waals surface area contributed by atoms with Gasteiger partial charge in [-0.2, -0.15) is 0 Å². The highest BCUT2D eigenvalue weighted by atomic mass is 16.5. The summed E-state index contributed by atoms with van der Waals surface area (Å²) in [5.74, 6) is -0.143. The largest absolute Gasteiger partial charge is 0.497 e. The molecule has 0 bridgehead atoms. The molecule has 1 saturated carbocycles. The molecule has 0 spiro atoms. The van der Waals surface area contributed by atoms with Crippen LogP contribution in [0.5, 0.6) is 5.75 Å². The number of carbonyl (C=O) groups excluding carboxylic acids is 2. The average molecular weight is 374 g/mol. The van der Waals surface area contributed by atoms with Crippen LogP contribution in [0.1, 0.15) is 25.7 Å². The van der Waals surface area contributed by atoms with E-state index in [1.54, 1.807) is 7.11 Å². The van der Waals surface area contributed by atoms with Gasteiger partial charge in [-0.3, -0.25) is 14.5 Å². The highest BCUT2D eigenvalue weighted by Crippen LogP contribution is 2.20. The summed E-state index contributed by atoms with van der Waals surface area (Å²) in [5, 5.41) is 5.56. The van der Waals surface area contributed by atoms with Crippen molar-refractivity contribution in [3.63, 3.8) is 0 Å².